The lowest BCUT2D eigenvalue weighted by Gasteiger charge is -2.29. The van der Waals surface area contributed by atoms with Crippen LogP contribution in [0.1, 0.15) is 41.6 Å². The number of aromatic carboxylic acids is 1. The summed E-state index contributed by atoms with van der Waals surface area (Å²) in [6, 6.07) is 4.76. The van der Waals surface area contributed by atoms with Crippen LogP contribution in [0.2, 0.25) is 0 Å². The third-order valence-corrected chi connectivity index (χ3v) is 4.29. The van der Waals surface area contributed by atoms with E-state index in [4.69, 9.17) is 10.8 Å². The van der Waals surface area contributed by atoms with Gasteiger partial charge >= 0.3 is 5.97 Å². The van der Waals surface area contributed by atoms with E-state index in [1.54, 1.807) is 6.07 Å². The van der Waals surface area contributed by atoms with Crippen LogP contribution in [0.3, 0.4) is 0 Å². The van der Waals surface area contributed by atoms with E-state index >= 15 is 0 Å². The van der Waals surface area contributed by atoms with Gasteiger partial charge in [-0.25, -0.2) is 4.79 Å². The molecule has 4 N–H and O–H groups in total. The highest BCUT2D eigenvalue weighted by Crippen LogP contribution is 2.30. The minimum Gasteiger partial charge on any atom is -0.478 e. The molecule has 0 aliphatic heterocycles. The molecular formula is C16H22N2O3. The Kier molecular flexibility index (Phi) is 4.96. The zero-order chi connectivity index (χ0) is 15.4. The Morgan fingerprint density at radius 2 is 2.05 bits per heavy atom. The molecule has 1 aliphatic rings. The summed E-state index contributed by atoms with van der Waals surface area (Å²) < 4.78 is 0. The van der Waals surface area contributed by atoms with Crippen LogP contribution < -0.4 is 11.1 Å². The van der Waals surface area contributed by atoms with Crippen molar-refractivity contribution in [1.29, 1.82) is 0 Å². The van der Waals surface area contributed by atoms with Crippen molar-refractivity contribution < 1.29 is 14.7 Å². The van der Waals surface area contributed by atoms with Crippen molar-refractivity contribution in [3.63, 3.8) is 0 Å². The Hall–Kier alpha value is -1.88. The number of hydrogen-bond donors (Lipinski definition) is 3. The smallest absolute Gasteiger partial charge is 0.335 e. The Morgan fingerprint density at radius 1 is 1.33 bits per heavy atom. The first-order chi connectivity index (χ1) is 10.0. The molecule has 5 nitrogen and oxygen atoms in total. The molecule has 2 rings (SSSR count). The monoisotopic (exact) mass is 290 g/mol. The average molecular weight is 290 g/mol. The summed E-state index contributed by atoms with van der Waals surface area (Å²) in [4.78, 5) is 23.5. The molecule has 114 valence electrons. The number of amides is 1. The second-order valence-corrected chi connectivity index (χ2v) is 5.71. The SMILES string of the molecule is Cc1ccc(C(=O)O)cc1NC(=O)C1CCCCC1CN. The predicted molar refractivity (Wildman–Crippen MR) is 81.3 cm³/mol. The number of hydrogen-bond acceptors (Lipinski definition) is 3. The molecule has 1 aromatic rings. The maximum absolute atomic E-state index is 12.5. The van der Waals surface area contributed by atoms with Gasteiger partial charge in [0.05, 0.1) is 5.56 Å². The van der Waals surface area contributed by atoms with Gasteiger partial charge in [0, 0.05) is 11.6 Å². The number of anilines is 1. The van der Waals surface area contributed by atoms with Crippen LogP contribution in [0.5, 0.6) is 0 Å². The van der Waals surface area contributed by atoms with Gasteiger partial charge in [0.15, 0.2) is 0 Å². The van der Waals surface area contributed by atoms with Crippen LogP contribution in [0.4, 0.5) is 5.69 Å². The lowest BCUT2D eigenvalue weighted by atomic mass is 9.78. The van der Waals surface area contributed by atoms with Crippen molar-refractivity contribution in [2.45, 2.75) is 32.6 Å². The number of nitrogens with two attached hydrogens (primary N) is 1. The third kappa shape index (κ3) is 3.61. The maximum atomic E-state index is 12.5. The summed E-state index contributed by atoms with van der Waals surface area (Å²) in [5.74, 6) is -0.892. The van der Waals surface area contributed by atoms with Crippen molar-refractivity contribution in [3.05, 3.63) is 29.3 Å². The van der Waals surface area contributed by atoms with E-state index in [-0.39, 0.29) is 23.3 Å². The summed E-state index contributed by atoms with van der Waals surface area (Å²) in [5.41, 5.74) is 7.36. The number of benzene rings is 1. The van der Waals surface area contributed by atoms with E-state index < -0.39 is 5.97 Å². The molecule has 1 aliphatic carbocycles. The average Bonchev–Trinajstić information content (AvgIpc) is 2.49. The molecule has 5 heteroatoms. The van der Waals surface area contributed by atoms with Crippen LogP contribution in [-0.4, -0.2) is 23.5 Å². The van der Waals surface area contributed by atoms with E-state index in [0.717, 1.165) is 31.2 Å². The zero-order valence-corrected chi connectivity index (χ0v) is 12.3. The predicted octanol–water partition coefficient (Wildman–Crippen LogP) is 2.40. The fraction of sp³-hybridized carbons (Fsp3) is 0.500. The largest absolute Gasteiger partial charge is 0.478 e. The van der Waals surface area contributed by atoms with Crippen LogP contribution in [0.15, 0.2) is 18.2 Å². The van der Waals surface area contributed by atoms with Gasteiger partial charge in [-0.2, -0.15) is 0 Å². The van der Waals surface area contributed by atoms with Gasteiger partial charge in [-0.15, -0.1) is 0 Å². The molecule has 0 spiro atoms. The molecule has 2 atom stereocenters. The molecular weight excluding hydrogens is 268 g/mol. The summed E-state index contributed by atoms with van der Waals surface area (Å²) in [6.45, 7) is 2.37. The number of carbonyl (C=O) groups is 2. The Morgan fingerprint density at radius 3 is 2.71 bits per heavy atom. The molecule has 1 fully saturated rings. The van der Waals surface area contributed by atoms with E-state index in [0.29, 0.717) is 12.2 Å². The third-order valence-electron chi connectivity index (χ3n) is 4.29. The highest BCUT2D eigenvalue weighted by Gasteiger charge is 2.30. The van der Waals surface area contributed by atoms with Crippen LogP contribution in [0.25, 0.3) is 0 Å². The number of nitrogens with one attached hydrogen (secondary N) is 1. The lowest BCUT2D eigenvalue weighted by molar-refractivity contribution is -0.122. The van der Waals surface area contributed by atoms with Crippen molar-refractivity contribution in [2.75, 3.05) is 11.9 Å². The molecule has 1 aromatic carbocycles. The topological polar surface area (TPSA) is 92.4 Å². The summed E-state index contributed by atoms with van der Waals surface area (Å²) in [5, 5.41) is 11.9. The molecule has 2 unspecified atom stereocenters. The Labute approximate surface area is 124 Å². The summed E-state index contributed by atoms with van der Waals surface area (Å²) >= 11 is 0. The second kappa shape index (κ2) is 6.72. The highest BCUT2D eigenvalue weighted by atomic mass is 16.4. The van der Waals surface area contributed by atoms with Crippen LogP contribution in [0, 0.1) is 18.8 Å². The normalized spacial score (nSPS) is 21.8. The minimum absolute atomic E-state index is 0.0456. The Balaban J connectivity index is 2.15. The first-order valence-electron chi connectivity index (χ1n) is 7.37. The quantitative estimate of drug-likeness (QED) is 0.794. The molecule has 1 saturated carbocycles. The number of rotatable bonds is 4. The molecule has 21 heavy (non-hydrogen) atoms. The number of aryl methyl sites for hydroxylation is 1. The summed E-state index contributed by atoms with van der Waals surface area (Å²) in [6.07, 6.45) is 4.01. The van der Waals surface area contributed by atoms with Crippen LogP contribution in [-0.2, 0) is 4.79 Å². The van der Waals surface area contributed by atoms with Crippen LogP contribution >= 0.6 is 0 Å². The molecule has 0 aromatic heterocycles. The van der Waals surface area contributed by atoms with Crippen molar-refractivity contribution in [3.8, 4) is 0 Å². The molecule has 0 bridgehead atoms. The molecule has 1 amide bonds. The van der Waals surface area contributed by atoms with E-state index in [2.05, 4.69) is 5.32 Å². The first kappa shape index (κ1) is 15.5. The van der Waals surface area contributed by atoms with Gasteiger partial charge in [0.25, 0.3) is 0 Å². The van der Waals surface area contributed by atoms with Gasteiger partial charge in [-0.1, -0.05) is 18.9 Å². The zero-order valence-electron chi connectivity index (χ0n) is 12.3. The first-order valence-corrected chi connectivity index (χ1v) is 7.37. The van der Waals surface area contributed by atoms with Gasteiger partial charge in [-0.3, -0.25) is 4.79 Å². The van der Waals surface area contributed by atoms with Crippen molar-refractivity contribution in [1.82, 2.24) is 0 Å². The Bertz CT molecular complexity index is 542. The van der Waals surface area contributed by atoms with Gasteiger partial charge in [0.2, 0.25) is 5.91 Å². The lowest BCUT2D eigenvalue weighted by Crippen LogP contribution is -2.35. The van der Waals surface area contributed by atoms with E-state index in [1.165, 1.54) is 12.1 Å². The number of carbonyl (C=O) groups excluding carboxylic acids is 1. The van der Waals surface area contributed by atoms with E-state index in [1.807, 2.05) is 6.92 Å². The molecule has 0 radical (unpaired) electrons. The van der Waals surface area contributed by atoms with Crippen molar-refractivity contribution in [2.24, 2.45) is 17.6 Å². The fourth-order valence-corrected chi connectivity index (χ4v) is 2.95. The highest BCUT2D eigenvalue weighted by molar-refractivity contribution is 5.96. The van der Waals surface area contributed by atoms with E-state index in [9.17, 15) is 9.59 Å². The maximum Gasteiger partial charge on any atom is 0.335 e. The number of carboxylic acids is 1. The van der Waals surface area contributed by atoms with Crippen molar-refractivity contribution >= 4 is 17.6 Å². The molecule has 0 saturated heterocycles. The minimum atomic E-state index is -0.997. The fourth-order valence-electron chi connectivity index (χ4n) is 2.95. The van der Waals surface area contributed by atoms with Gasteiger partial charge in [0.1, 0.15) is 0 Å². The van der Waals surface area contributed by atoms with Gasteiger partial charge < -0.3 is 16.2 Å². The summed E-state index contributed by atoms with van der Waals surface area (Å²) in [7, 11) is 0. The molecule has 0 heterocycles. The van der Waals surface area contributed by atoms with Gasteiger partial charge in [-0.05, 0) is 49.9 Å². The second-order valence-electron chi connectivity index (χ2n) is 5.71. The number of carboxylic acid groups (broad SMARTS) is 1. The standard InChI is InChI=1S/C16H22N2O3/c1-10-6-7-11(16(20)21)8-14(10)18-15(19)13-5-3-2-4-12(13)9-17/h6-8,12-13H,2-5,9,17H2,1H3,(H,18,19)(H,20,21).